The Morgan fingerprint density at radius 1 is 1.16 bits per heavy atom. The van der Waals surface area contributed by atoms with Gasteiger partial charge in [0.2, 0.25) is 10.0 Å². The summed E-state index contributed by atoms with van der Waals surface area (Å²) in [6.07, 6.45) is 0. The van der Waals surface area contributed by atoms with Crippen molar-refractivity contribution < 1.29 is 8.42 Å². The lowest BCUT2D eigenvalue weighted by Crippen LogP contribution is -2.28. The smallest absolute Gasteiger partial charge is 0.240 e. The molecule has 0 bridgehead atoms. The summed E-state index contributed by atoms with van der Waals surface area (Å²) < 4.78 is 26.8. The van der Waals surface area contributed by atoms with Gasteiger partial charge in [-0.2, -0.15) is 0 Å². The summed E-state index contributed by atoms with van der Waals surface area (Å²) in [5.74, 6) is 0.292. The highest BCUT2D eigenvalue weighted by Gasteiger charge is 2.14. The Balaban J connectivity index is 2.80. The maximum absolute atomic E-state index is 12.1. The highest BCUT2D eigenvalue weighted by molar-refractivity contribution is 7.89. The lowest BCUT2D eigenvalue weighted by atomic mass is 10.2. The van der Waals surface area contributed by atoms with E-state index in [4.69, 9.17) is 0 Å². The molecule has 0 radical (unpaired) electrons. The molecule has 0 aromatic heterocycles. The van der Waals surface area contributed by atoms with E-state index in [-0.39, 0.29) is 0 Å². The number of nitrogens with one attached hydrogen (secondary N) is 2. The van der Waals surface area contributed by atoms with Crippen LogP contribution in [0.4, 0.5) is 0 Å². The Morgan fingerprint density at radius 2 is 1.84 bits per heavy atom. The molecule has 0 unspecified atom stereocenters. The molecule has 108 valence electrons. The standard InChI is InChI=1S/C14H24N2O2S/c1-11(2)9-16-19(17,18)14-7-5-6-13(8-14)10-15-12(3)4/h5-8,11-12,15-16H,9-10H2,1-4H3. The van der Waals surface area contributed by atoms with E-state index < -0.39 is 10.0 Å². The minimum atomic E-state index is -3.39. The average Bonchev–Trinajstić information content (AvgIpc) is 2.34. The Bertz CT molecular complexity index is 496. The first kappa shape index (κ1) is 16.1. The van der Waals surface area contributed by atoms with Crippen molar-refractivity contribution in [3.8, 4) is 0 Å². The van der Waals surface area contributed by atoms with Gasteiger partial charge in [-0.05, 0) is 23.6 Å². The van der Waals surface area contributed by atoms with Crippen LogP contribution < -0.4 is 10.0 Å². The summed E-state index contributed by atoms with van der Waals surface area (Å²) in [5.41, 5.74) is 0.973. The average molecular weight is 284 g/mol. The van der Waals surface area contributed by atoms with Crippen molar-refractivity contribution in [1.82, 2.24) is 10.0 Å². The van der Waals surface area contributed by atoms with Crippen LogP contribution in [0.15, 0.2) is 29.2 Å². The number of hydrogen-bond acceptors (Lipinski definition) is 3. The highest BCUT2D eigenvalue weighted by atomic mass is 32.2. The third-order valence-electron chi connectivity index (χ3n) is 2.60. The molecule has 5 heteroatoms. The second kappa shape index (κ2) is 7.03. The molecule has 0 amide bonds. The van der Waals surface area contributed by atoms with Gasteiger partial charge in [0.25, 0.3) is 0 Å². The first-order valence-electron chi connectivity index (χ1n) is 6.63. The quantitative estimate of drug-likeness (QED) is 0.806. The zero-order valence-electron chi connectivity index (χ0n) is 12.1. The fraction of sp³-hybridized carbons (Fsp3) is 0.571. The fourth-order valence-electron chi connectivity index (χ4n) is 1.50. The van der Waals surface area contributed by atoms with E-state index in [0.717, 1.165) is 5.56 Å². The molecule has 0 aliphatic heterocycles. The van der Waals surface area contributed by atoms with Gasteiger partial charge in [0, 0.05) is 19.1 Å². The van der Waals surface area contributed by atoms with Gasteiger partial charge in [0.15, 0.2) is 0 Å². The number of benzene rings is 1. The molecular formula is C14H24N2O2S. The first-order valence-corrected chi connectivity index (χ1v) is 8.11. The largest absolute Gasteiger partial charge is 0.310 e. The molecule has 4 nitrogen and oxygen atoms in total. The van der Waals surface area contributed by atoms with Crippen LogP contribution in [0.3, 0.4) is 0 Å². The van der Waals surface area contributed by atoms with E-state index in [1.165, 1.54) is 0 Å². The number of rotatable bonds is 7. The Hall–Kier alpha value is -0.910. The molecule has 0 atom stereocenters. The monoisotopic (exact) mass is 284 g/mol. The van der Waals surface area contributed by atoms with E-state index in [0.29, 0.717) is 29.9 Å². The molecular weight excluding hydrogens is 260 g/mol. The van der Waals surface area contributed by atoms with E-state index in [1.807, 2.05) is 19.9 Å². The molecule has 1 aromatic carbocycles. The van der Waals surface area contributed by atoms with Crippen molar-refractivity contribution in [1.29, 1.82) is 0 Å². The van der Waals surface area contributed by atoms with E-state index >= 15 is 0 Å². The molecule has 2 N–H and O–H groups in total. The predicted molar refractivity (Wildman–Crippen MR) is 78.4 cm³/mol. The Kier molecular flexibility index (Phi) is 5.97. The summed E-state index contributed by atoms with van der Waals surface area (Å²) >= 11 is 0. The molecule has 0 fully saturated rings. The van der Waals surface area contributed by atoms with Crippen LogP contribution in [0, 0.1) is 5.92 Å². The fourth-order valence-corrected chi connectivity index (χ4v) is 2.79. The lowest BCUT2D eigenvalue weighted by Gasteiger charge is -2.11. The van der Waals surface area contributed by atoms with Crippen LogP contribution in [0.25, 0.3) is 0 Å². The van der Waals surface area contributed by atoms with Crippen LogP contribution in [0.5, 0.6) is 0 Å². The van der Waals surface area contributed by atoms with Crippen molar-refractivity contribution in [2.24, 2.45) is 5.92 Å². The summed E-state index contributed by atoms with van der Waals surface area (Å²) in [7, 11) is -3.39. The highest BCUT2D eigenvalue weighted by Crippen LogP contribution is 2.12. The van der Waals surface area contributed by atoms with Crippen LogP contribution in [-0.4, -0.2) is 21.0 Å². The maximum Gasteiger partial charge on any atom is 0.240 e. The number of hydrogen-bond donors (Lipinski definition) is 2. The molecule has 1 aromatic rings. The summed E-state index contributed by atoms with van der Waals surface area (Å²) in [6.45, 7) is 9.20. The maximum atomic E-state index is 12.1. The molecule has 0 saturated heterocycles. The third kappa shape index (κ3) is 5.72. The van der Waals surface area contributed by atoms with Crippen LogP contribution >= 0.6 is 0 Å². The Morgan fingerprint density at radius 3 is 2.42 bits per heavy atom. The molecule has 0 heterocycles. The minimum absolute atomic E-state index is 0.292. The van der Waals surface area contributed by atoms with Crippen molar-refractivity contribution in [3.05, 3.63) is 29.8 Å². The topological polar surface area (TPSA) is 58.2 Å². The van der Waals surface area contributed by atoms with Crippen molar-refractivity contribution in [2.45, 2.75) is 45.2 Å². The van der Waals surface area contributed by atoms with Gasteiger partial charge in [-0.1, -0.05) is 39.8 Å². The van der Waals surface area contributed by atoms with Crippen LogP contribution in [-0.2, 0) is 16.6 Å². The minimum Gasteiger partial charge on any atom is -0.310 e. The summed E-state index contributed by atoms with van der Waals surface area (Å²) in [5, 5.41) is 3.28. The molecule has 0 spiro atoms. The van der Waals surface area contributed by atoms with Crippen molar-refractivity contribution in [3.63, 3.8) is 0 Å². The van der Waals surface area contributed by atoms with Crippen LogP contribution in [0.1, 0.15) is 33.3 Å². The predicted octanol–water partition coefficient (Wildman–Crippen LogP) is 2.12. The molecule has 19 heavy (non-hydrogen) atoms. The van der Waals surface area contributed by atoms with Gasteiger partial charge in [-0.25, -0.2) is 13.1 Å². The van der Waals surface area contributed by atoms with E-state index in [1.54, 1.807) is 18.2 Å². The van der Waals surface area contributed by atoms with Gasteiger partial charge in [0.1, 0.15) is 0 Å². The SMILES string of the molecule is CC(C)CNS(=O)(=O)c1cccc(CNC(C)C)c1. The van der Waals surface area contributed by atoms with Gasteiger partial charge in [-0.3, -0.25) is 0 Å². The zero-order chi connectivity index (χ0) is 14.5. The zero-order valence-corrected chi connectivity index (χ0v) is 12.9. The van der Waals surface area contributed by atoms with Gasteiger partial charge >= 0.3 is 0 Å². The number of sulfonamides is 1. The normalized spacial score (nSPS) is 12.3. The lowest BCUT2D eigenvalue weighted by molar-refractivity contribution is 0.559. The first-order chi connectivity index (χ1) is 8.81. The van der Waals surface area contributed by atoms with Gasteiger partial charge < -0.3 is 5.32 Å². The Labute approximate surface area is 116 Å². The molecule has 0 aliphatic rings. The molecule has 0 saturated carbocycles. The summed E-state index contributed by atoms with van der Waals surface area (Å²) in [6, 6.07) is 7.43. The van der Waals surface area contributed by atoms with Gasteiger partial charge in [-0.15, -0.1) is 0 Å². The van der Waals surface area contributed by atoms with Crippen molar-refractivity contribution in [2.75, 3.05) is 6.54 Å². The second-order valence-corrected chi connectivity index (χ2v) is 7.20. The second-order valence-electron chi connectivity index (χ2n) is 5.43. The van der Waals surface area contributed by atoms with E-state index in [2.05, 4.69) is 23.9 Å². The van der Waals surface area contributed by atoms with Crippen molar-refractivity contribution >= 4 is 10.0 Å². The van der Waals surface area contributed by atoms with Crippen LogP contribution in [0.2, 0.25) is 0 Å². The molecule has 1 rings (SSSR count). The molecule has 0 aliphatic carbocycles. The third-order valence-corrected chi connectivity index (χ3v) is 4.03. The summed E-state index contributed by atoms with van der Waals surface area (Å²) in [4.78, 5) is 0.330. The van der Waals surface area contributed by atoms with Gasteiger partial charge in [0.05, 0.1) is 4.90 Å². The van der Waals surface area contributed by atoms with E-state index in [9.17, 15) is 8.42 Å².